The first-order valence-electron chi connectivity index (χ1n) is 13.6. The second-order valence-corrected chi connectivity index (χ2v) is 10.4. The van der Waals surface area contributed by atoms with E-state index in [-0.39, 0.29) is 55.7 Å². The Balaban J connectivity index is 1.41. The zero-order valence-electron chi connectivity index (χ0n) is 23.6. The smallest absolute Gasteiger partial charge is 0.321 e. The van der Waals surface area contributed by atoms with Gasteiger partial charge < -0.3 is 39.8 Å². The number of carbonyl (C=O) groups excluding carboxylic acids is 3. The van der Waals surface area contributed by atoms with Crippen molar-refractivity contribution in [1.29, 1.82) is 0 Å². The summed E-state index contributed by atoms with van der Waals surface area (Å²) in [6.07, 6.45) is 2.46. The van der Waals surface area contributed by atoms with Crippen molar-refractivity contribution in [2.75, 3.05) is 44.2 Å². The minimum absolute atomic E-state index is 0.129. The normalized spacial score (nSPS) is 18.2. The van der Waals surface area contributed by atoms with Crippen LogP contribution in [0.15, 0.2) is 60.9 Å². The molecule has 0 spiro atoms. The minimum Gasteiger partial charge on any atom is -0.485 e. The number of benzene rings is 2. The van der Waals surface area contributed by atoms with E-state index < -0.39 is 18.1 Å². The maximum absolute atomic E-state index is 13.7. The fourth-order valence-electron chi connectivity index (χ4n) is 4.80. The number of amides is 4. The summed E-state index contributed by atoms with van der Waals surface area (Å²) < 4.78 is 17.2. The monoisotopic (exact) mass is 575 g/mol. The van der Waals surface area contributed by atoms with Gasteiger partial charge in [-0.05, 0) is 43.3 Å². The molecule has 0 fully saturated rings. The first-order chi connectivity index (χ1) is 20.2. The van der Waals surface area contributed by atoms with Gasteiger partial charge in [0.15, 0.2) is 17.2 Å². The van der Waals surface area contributed by atoms with Gasteiger partial charge in [0.1, 0.15) is 6.10 Å². The molecule has 2 aliphatic rings. The molecule has 4 amide bonds. The highest BCUT2D eigenvalue weighted by Crippen LogP contribution is 2.36. The molecule has 0 radical (unpaired) electrons. The summed E-state index contributed by atoms with van der Waals surface area (Å²) in [7, 11) is 1.65. The number of urea groups is 1. The predicted octanol–water partition coefficient (Wildman–Crippen LogP) is 3.45. The lowest BCUT2D eigenvalue weighted by molar-refractivity contribution is 0.0372. The van der Waals surface area contributed by atoms with E-state index in [0.717, 1.165) is 0 Å². The standard InChI is InChI=1S/C30H33N5O7/c1-18-14-35(19(2)16-36)29(38)22-5-4-6-23(33-28(37)20-9-11-31-12-10-20)27(22)42-26(18)15-34(3)30(39)32-21-7-8-24-25(13-21)41-17-40-24/h4-13,18-19,26,36H,14-17H2,1-3H3,(H,32,39)(H,33,37)/t18-,19-,26-/m0/s1. The Hall–Kier alpha value is -4.84. The van der Waals surface area contributed by atoms with Crippen LogP contribution in [0.2, 0.25) is 0 Å². The van der Waals surface area contributed by atoms with Gasteiger partial charge in [-0.3, -0.25) is 14.6 Å². The van der Waals surface area contributed by atoms with Crippen LogP contribution in [0.3, 0.4) is 0 Å². The van der Waals surface area contributed by atoms with Crippen LogP contribution < -0.4 is 24.8 Å². The van der Waals surface area contributed by atoms with Crippen molar-refractivity contribution in [3.8, 4) is 17.2 Å². The fraction of sp³-hybridized carbons (Fsp3) is 0.333. The molecule has 0 saturated heterocycles. The van der Waals surface area contributed by atoms with E-state index in [1.807, 2.05) is 6.92 Å². The van der Waals surface area contributed by atoms with Gasteiger partial charge in [-0.1, -0.05) is 13.0 Å². The lowest BCUT2D eigenvalue weighted by Gasteiger charge is -2.38. The van der Waals surface area contributed by atoms with E-state index in [1.165, 1.54) is 17.3 Å². The largest absolute Gasteiger partial charge is 0.485 e. The summed E-state index contributed by atoms with van der Waals surface area (Å²) in [5, 5.41) is 15.6. The average molecular weight is 576 g/mol. The zero-order chi connectivity index (χ0) is 29.8. The molecule has 3 heterocycles. The number of nitrogens with one attached hydrogen (secondary N) is 2. The Morgan fingerprint density at radius 3 is 2.64 bits per heavy atom. The number of carbonyl (C=O) groups is 3. The van der Waals surface area contributed by atoms with Crippen molar-refractivity contribution in [2.24, 2.45) is 5.92 Å². The molecule has 0 unspecified atom stereocenters. The van der Waals surface area contributed by atoms with E-state index >= 15 is 0 Å². The molecule has 220 valence electrons. The number of nitrogens with zero attached hydrogens (tertiary/aromatic N) is 3. The number of para-hydroxylation sites is 1. The number of pyridine rings is 1. The lowest BCUT2D eigenvalue weighted by Crippen LogP contribution is -2.50. The molecule has 0 saturated carbocycles. The van der Waals surface area contributed by atoms with Gasteiger partial charge in [-0.2, -0.15) is 0 Å². The van der Waals surface area contributed by atoms with Crippen molar-refractivity contribution in [3.05, 3.63) is 72.1 Å². The van der Waals surface area contributed by atoms with Crippen molar-refractivity contribution in [3.63, 3.8) is 0 Å². The summed E-state index contributed by atoms with van der Waals surface area (Å²) in [6, 6.07) is 12.4. The van der Waals surface area contributed by atoms with Crippen LogP contribution in [0.1, 0.15) is 34.6 Å². The molecule has 12 heteroatoms. The number of anilines is 2. The molecular formula is C30H33N5O7. The van der Waals surface area contributed by atoms with E-state index in [1.54, 1.807) is 67.4 Å². The summed E-state index contributed by atoms with van der Waals surface area (Å²) in [6.45, 7) is 4.04. The topological polar surface area (TPSA) is 143 Å². The van der Waals surface area contributed by atoms with Crippen LogP contribution in [0.4, 0.5) is 16.2 Å². The molecule has 2 aromatic carbocycles. The predicted molar refractivity (Wildman–Crippen MR) is 154 cm³/mol. The Morgan fingerprint density at radius 1 is 1.12 bits per heavy atom. The minimum atomic E-state index is -0.572. The number of likely N-dealkylation sites (N-methyl/N-ethyl adjacent to an activating group) is 1. The number of aromatic nitrogens is 1. The van der Waals surface area contributed by atoms with Crippen LogP contribution in [0.5, 0.6) is 17.2 Å². The van der Waals surface area contributed by atoms with Gasteiger partial charge in [0, 0.05) is 49.2 Å². The summed E-state index contributed by atoms with van der Waals surface area (Å²) in [5.41, 5.74) is 1.49. The number of ether oxygens (including phenoxy) is 3. The van der Waals surface area contributed by atoms with Gasteiger partial charge in [-0.15, -0.1) is 0 Å². The highest BCUT2D eigenvalue weighted by atomic mass is 16.7. The second kappa shape index (κ2) is 12.4. The van der Waals surface area contributed by atoms with Gasteiger partial charge in [-0.25, -0.2) is 4.79 Å². The summed E-state index contributed by atoms with van der Waals surface area (Å²) in [4.78, 5) is 46.9. The quantitative estimate of drug-likeness (QED) is 0.389. The van der Waals surface area contributed by atoms with Crippen molar-refractivity contribution < 1.29 is 33.7 Å². The molecule has 1 aromatic heterocycles. The van der Waals surface area contributed by atoms with Crippen molar-refractivity contribution in [1.82, 2.24) is 14.8 Å². The zero-order valence-corrected chi connectivity index (χ0v) is 23.6. The Kier molecular flexibility index (Phi) is 8.43. The van der Waals surface area contributed by atoms with E-state index in [2.05, 4.69) is 15.6 Å². The molecule has 2 aliphatic heterocycles. The molecule has 3 N–H and O–H groups in total. The van der Waals surface area contributed by atoms with E-state index in [0.29, 0.717) is 28.4 Å². The molecule has 42 heavy (non-hydrogen) atoms. The van der Waals surface area contributed by atoms with Gasteiger partial charge in [0.05, 0.1) is 30.4 Å². The third kappa shape index (κ3) is 6.08. The first-order valence-corrected chi connectivity index (χ1v) is 13.6. The van der Waals surface area contributed by atoms with Crippen molar-refractivity contribution >= 4 is 29.2 Å². The number of hydrogen-bond donors (Lipinski definition) is 3. The van der Waals surface area contributed by atoms with Gasteiger partial charge in [0.2, 0.25) is 6.79 Å². The Bertz CT molecular complexity index is 1470. The molecule has 3 atom stereocenters. The first kappa shape index (κ1) is 28.7. The highest BCUT2D eigenvalue weighted by molar-refractivity contribution is 6.07. The number of hydrogen-bond acceptors (Lipinski definition) is 8. The third-order valence-electron chi connectivity index (χ3n) is 7.31. The average Bonchev–Trinajstić information content (AvgIpc) is 3.47. The Morgan fingerprint density at radius 2 is 1.88 bits per heavy atom. The van der Waals surface area contributed by atoms with Crippen LogP contribution in [-0.4, -0.2) is 83.4 Å². The highest BCUT2D eigenvalue weighted by Gasteiger charge is 2.35. The van der Waals surface area contributed by atoms with E-state index in [9.17, 15) is 19.5 Å². The van der Waals surface area contributed by atoms with Gasteiger partial charge in [0.25, 0.3) is 11.8 Å². The summed E-state index contributed by atoms with van der Waals surface area (Å²) in [5.74, 6) is 0.384. The molecule has 0 bridgehead atoms. The number of aliphatic hydroxyl groups is 1. The molecular weight excluding hydrogens is 542 g/mol. The van der Waals surface area contributed by atoms with Crippen molar-refractivity contribution in [2.45, 2.75) is 26.0 Å². The maximum Gasteiger partial charge on any atom is 0.321 e. The molecule has 0 aliphatic carbocycles. The SMILES string of the molecule is C[C@H]1CN([C@@H](C)CO)C(=O)c2cccc(NC(=O)c3ccncc3)c2O[C@H]1CN(C)C(=O)Nc1ccc2c(c1)OCO2. The van der Waals surface area contributed by atoms with Crippen LogP contribution >= 0.6 is 0 Å². The van der Waals surface area contributed by atoms with Gasteiger partial charge >= 0.3 is 6.03 Å². The molecule has 12 nitrogen and oxygen atoms in total. The molecule has 5 rings (SSSR count). The van der Waals surface area contributed by atoms with Crippen LogP contribution in [0, 0.1) is 5.92 Å². The summed E-state index contributed by atoms with van der Waals surface area (Å²) >= 11 is 0. The Labute approximate surface area is 243 Å². The van der Waals surface area contributed by atoms with E-state index in [4.69, 9.17) is 14.2 Å². The van der Waals surface area contributed by atoms with Crippen LogP contribution in [-0.2, 0) is 0 Å². The lowest BCUT2D eigenvalue weighted by atomic mass is 9.99. The second-order valence-electron chi connectivity index (χ2n) is 10.4. The number of aliphatic hydroxyl groups excluding tert-OH is 1. The fourth-order valence-corrected chi connectivity index (χ4v) is 4.80. The third-order valence-corrected chi connectivity index (χ3v) is 7.31. The maximum atomic E-state index is 13.7. The van der Waals surface area contributed by atoms with Crippen LogP contribution in [0.25, 0.3) is 0 Å². The number of fused-ring (bicyclic) bond motifs is 2. The molecule has 3 aromatic rings. The number of rotatable bonds is 7.